The summed E-state index contributed by atoms with van der Waals surface area (Å²) < 4.78 is 2.12. The van der Waals surface area contributed by atoms with Gasteiger partial charge in [0.15, 0.2) is 0 Å². The summed E-state index contributed by atoms with van der Waals surface area (Å²) in [6, 6.07) is 2.86. The minimum atomic E-state index is 0.660. The van der Waals surface area contributed by atoms with Crippen molar-refractivity contribution < 1.29 is 0 Å². The van der Waals surface area contributed by atoms with Crippen LogP contribution >= 0.6 is 0 Å². The van der Waals surface area contributed by atoms with Gasteiger partial charge in [-0.3, -0.25) is 0 Å². The molecule has 0 radical (unpaired) electrons. The highest BCUT2D eigenvalue weighted by molar-refractivity contribution is 5.09. The third-order valence-corrected chi connectivity index (χ3v) is 4.13. The van der Waals surface area contributed by atoms with Crippen LogP contribution in [0.1, 0.15) is 51.0 Å². The van der Waals surface area contributed by atoms with Crippen molar-refractivity contribution >= 4 is 0 Å². The summed E-state index contributed by atoms with van der Waals surface area (Å²) in [7, 11) is 2.08. The quantitative estimate of drug-likeness (QED) is 0.789. The molecule has 0 aromatic carbocycles. The van der Waals surface area contributed by atoms with Crippen LogP contribution in [0.3, 0.4) is 0 Å². The Bertz CT molecular complexity index is 321. The molecule has 0 spiro atoms. The minimum Gasteiger partial charge on any atom is -0.357 e. The molecule has 1 aromatic heterocycles. The second kappa shape index (κ2) is 6.25. The molecule has 2 heteroatoms. The molecule has 1 heterocycles. The van der Waals surface area contributed by atoms with E-state index in [2.05, 4.69) is 42.3 Å². The van der Waals surface area contributed by atoms with E-state index in [0.29, 0.717) is 6.04 Å². The highest BCUT2D eigenvalue weighted by Crippen LogP contribution is 2.25. The molecular weight excluding hydrogens is 208 g/mol. The maximum absolute atomic E-state index is 3.70. The van der Waals surface area contributed by atoms with E-state index >= 15 is 0 Å². The first-order valence-corrected chi connectivity index (χ1v) is 7.10. The van der Waals surface area contributed by atoms with Crippen molar-refractivity contribution in [2.24, 2.45) is 13.0 Å². The zero-order valence-corrected chi connectivity index (χ0v) is 11.3. The van der Waals surface area contributed by atoms with E-state index in [1.165, 1.54) is 44.1 Å². The average molecular weight is 234 g/mol. The molecule has 0 aliphatic heterocycles. The maximum atomic E-state index is 3.70. The van der Waals surface area contributed by atoms with Crippen LogP contribution < -0.4 is 5.32 Å². The standard InChI is InChI=1S/C15H26N2/c1-13(15-7-5-3-4-6-8-15)16-11-14-9-10-17(2)12-14/h9-10,12-13,15-16H,3-8,11H2,1-2H3/t13-/m1/s1. The van der Waals surface area contributed by atoms with Gasteiger partial charge in [-0.25, -0.2) is 0 Å². The van der Waals surface area contributed by atoms with Crippen molar-refractivity contribution in [1.29, 1.82) is 0 Å². The molecule has 2 rings (SSSR count). The van der Waals surface area contributed by atoms with Gasteiger partial charge in [0.1, 0.15) is 0 Å². The lowest BCUT2D eigenvalue weighted by Gasteiger charge is -2.23. The Morgan fingerprint density at radius 1 is 1.29 bits per heavy atom. The Kier molecular flexibility index (Phi) is 4.66. The van der Waals surface area contributed by atoms with Crippen molar-refractivity contribution in [3.05, 3.63) is 24.0 Å². The van der Waals surface area contributed by atoms with Gasteiger partial charge in [0.2, 0.25) is 0 Å². The Hall–Kier alpha value is -0.760. The van der Waals surface area contributed by atoms with Gasteiger partial charge in [-0.2, -0.15) is 0 Å². The fourth-order valence-electron chi connectivity index (χ4n) is 2.92. The van der Waals surface area contributed by atoms with E-state index in [0.717, 1.165) is 12.5 Å². The van der Waals surface area contributed by atoms with Gasteiger partial charge in [-0.1, -0.05) is 25.7 Å². The Morgan fingerprint density at radius 2 is 2.00 bits per heavy atom. The molecule has 1 aliphatic carbocycles. The third kappa shape index (κ3) is 3.88. The first-order valence-electron chi connectivity index (χ1n) is 7.10. The van der Waals surface area contributed by atoms with Crippen LogP contribution in [-0.2, 0) is 13.6 Å². The lowest BCUT2D eigenvalue weighted by Crippen LogP contribution is -2.32. The number of rotatable bonds is 4. The molecule has 1 aromatic rings. The number of nitrogens with one attached hydrogen (secondary N) is 1. The molecule has 0 amide bonds. The average Bonchev–Trinajstić information content (AvgIpc) is 2.58. The lowest BCUT2D eigenvalue weighted by molar-refractivity contribution is 0.336. The minimum absolute atomic E-state index is 0.660. The zero-order chi connectivity index (χ0) is 12.1. The summed E-state index contributed by atoms with van der Waals surface area (Å²) >= 11 is 0. The van der Waals surface area contributed by atoms with E-state index in [9.17, 15) is 0 Å². The second-order valence-corrected chi connectivity index (χ2v) is 5.61. The van der Waals surface area contributed by atoms with Crippen molar-refractivity contribution in [2.75, 3.05) is 0 Å². The molecule has 0 saturated heterocycles. The van der Waals surface area contributed by atoms with Gasteiger partial charge in [0, 0.05) is 32.0 Å². The second-order valence-electron chi connectivity index (χ2n) is 5.61. The van der Waals surface area contributed by atoms with E-state index in [4.69, 9.17) is 0 Å². The first-order chi connectivity index (χ1) is 8.25. The SMILES string of the molecule is C[C@@H](NCc1ccn(C)c1)C1CCCCCC1. The van der Waals surface area contributed by atoms with E-state index in [1.807, 2.05) is 0 Å². The molecule has 0 bridgehead atoms. The number of hydrogen-bond acceptors (Lipinski definition) is 1. The zero-order valence-electron chi connectivity index (χ0n) is 11.3. The summed E-state index contributed by atoms with van der Waals surface area (Å²) in [6.07, 6.45) is 12.9. The Labute approximate surface area is 105 Å². The molecule has 17 heavy (non-hydrogen) atoms. The summed E-state index contributed by atoms with van der Waals surface area (Å²) in [5.41, 5.74) is 1.40. The van der Waals surface area contributed by atoms with Crippen LogP contribution in [0, 0.1) is 5.92 Å². The van der Waals surface area contributed by atoms with Crippen LogP contribution in [0.15, 0.2) is 18.5 Å². The van der Waals surface area contributed by atoms with Gasteiger partial charge < -0.3 is 9.88 Å². The first kappa shape index (κ1) is 12.7. The number of nitrogens with zero attached hydrogens (tertiary/aromatic N) is 1. The fourth-order valence-corrected chi connectivity index (χ4v) is 2.92. The van der Waals surface area contributed by atoms with E-state index in [-0.39, 0.29) is 0 Å². The monoisotopic (exact) mass is 234 g/mol. The van der Waals surface area contributed by atoms with Gasteiger partial charge >= 0.3 is 0 Å². The molecule has 1 atom stereocenters. The van der Waals surface area contributed by atoms with Gasteiger partial charge in [-0.05, 0) is 37.3 Å². The Balaban J connectivity index is 1.77. The van der Waals surface area contributed by atoms with Crippen molar-refractivity contribution in [3.8, 4) is 0 Å². The smallest absolute Gasteiger partial charge is 0.0223 e. The van der Waals surface area contributed by atoms with Crippen LogP contribution in [0.5, 0.6) is 0 Å². The summed E-state index contributed by atoms with van der Waals surface area (Å²) in [5, 5.41) is 3.70. The molecule has 1 N–H and O–H groups in total. The van der Waals surface area contributed by atoms with E-state index in [1.54, 1.807) is 0 Å². The van der Waals surface area contributed by atoms with Crippen molar-refractivity contribution in [1.82, 2.24) is 9.88 Å². The van der Waals surface area contributed by atoms with Crippen LogP contribution in [0.4, 0.5) is 0 Å². The predicted octanol–water partition coefficient (Wildman–Crippen LogP) is 3.47. The molecular formula is C15H26N2. The maximum Gasteiger partial charge on any atom is 0.0223 e. The normalized spacial score (nSPS) is 20.1. The number of hydrogen-bond donors (Lipinski definition) is 1. The van der Waals surface area contributed by atoms with Crippen LogP contribution in [0.2, 0.25) is 0 Å². The summed E-state index contributed by atoms with van der Waals surface area (Å²) in [6.45, 7) is 3.37. The molecule has 0 unspecified atom stereocenters. The largest absolute Gasteiger partial charge is 0.357 e. The summed E-state index contributed by atoms with van der Waals surface area (Å²) in [4.78, 5) is 0. The highest BCUT2D eigenvalue weighted by Gasteiger charge is 2.18. The molecule has 2 nitrogen and oxygen atoms in total. The van der Waals surface area contributed by atoms with E-state index < -0.39 is 0 Å². The predicted molar refractivity (Wildman–Crippen MR) is 72.9 cm³/mol. The number of aryl methyl sites for hydroxylation is 1. The molecule has 1 saturated carbocycles. The highest BCUT2D eigenvalue weighted by atomic mass is 14.9. The Morgan fingerprint density at radius 3 is 2.59 bits per heavy atom. The van der Waals surface area contributed by atoms with Gasteiger partial charge in [-0.15, -0.1) is 0 Å². The van der Waals surface area contributed by atoms with Gasteiger partial charge in [0.05, 0.1) is 0 Å². The summed E-state index contributed by atoms with van der Waals surface area (Å²) in [5.74, 6) is 0.890. The molecule has 1 aliphatic rings. The number of aromatic nitrogens is 1. The third-order valence-electron chi connectivity index (χ3n) is 4.13. The lowest BCUT2D eigenvalue weighted by atomic mass is 9.93. The van der Waals surface area contributed by atoms with Crippen LogP contribution in [-0.4, -0.2) is 10.6 Å². The van der Waals surface area contributed by atoms with Gasteiger partial charge in [0.25, 0.3) is 0 Å². The van der Waals surface area contributed by atoms with Crippen molar-refractivity contribution in [2.45, 2.75) is 58.0 Å². The van der Waals surface area contributed by atoms with Crippen LogP contribution in [0.25, 0.3) is 0 Å². The molecule has 1 fully saturated rings. The topological polar surface area (TPSA) is 17.0 Å². The molecule has 96 valence electrons. The fraction of sp³-hybridized carbons (Fsp3) is 0.733. The van der Waals surface area contributed by atoms with Crippen molar-refractivity contribution in [3.63, 3.8) is 0 Å².